The molecule has 0 radical (unpaired) electrons. The first kappa shape index (κ1) is 10.8. The first-order chi connectivity index (χ1) is 7.65. The monoisotopic (exact) mass is 235 g/mol. The second kappa shape index (κ2) is 4.44. The van der Waals surface area contributed by atoms with E-state index < -0.39 is 0 Å². The van der Waals surface area contributed by atoms with Gasteiger partial charge in [-0.05, 0) is 19.9 Å². The van der Waals surface area contributed by atoms with Gasteiger partial charge in [0.05, 0.1) is 6.04 Å². The SMILES string of the molecule is Cc1cnc(C(C)Nc2ccnc(N)n2)s1. The molecule has 3 N–H and O–H groups in total. The maximum Gasteiger partial charge on any atom is 0.221 e. The summed E-state index contributed by atoms with van der Waals surface area (Å²) in [6.45, 7) is 4.08. The minimum atomic E-state index is 0.119. The predicted octanol–water partition coefficient (Wildman–Crippen LogP) is 2.00. The number of nitrogens with zero attached hydrogens (tertiary/aromatic N) is 3. The van der Waals surface area contributed by atoms with Gasteiger partial charge in [-0.15, -0.1) is 11.3 Å². The van der Waals surface area contributed by atoms with Gasteiger partial charge in [0.2, 0.25) is 5.95 Å². The molecule has 0 aromatic carbocycles. The van der Waals surface area contributed by atoms with Crippen LogP contribution < -0.4 is 11.1 Å². The van der Waals surface area contributed by atoms with Crippen LogP contribution in [0.4, 0.5) is 11.8 Å². The summed E-state index contributed by atoms with van der Waals surface area (Å²) in [5.41, 5.74) is 5.50. The molecule has 1 unspecified atom stereocenters. The van der Waals surface area contributed by atoms with Crippen molar-refractivity contribution in [2.75, 3.05) is 11.1 Å². The molecular weight excluding hydrogens is 222 g/mol. The Labute approximate surface area is 97.8 Å². The smallest absolute Gasteiger partial charge is 0.221 e. The number of nitrogens with two attached hydrogens (primary N) is 1. The number of rotatable bonds is 3. The third-order valence-corrected chi connectivity index (χ3v) is 3.14. The van der Waals surface area contributed by atoms with E-state index >= 15 is 0 Å². The first-order valence-corrected chi connectivity index (χ1v) is 5.74. The van der Waals surface area contributed by atoms with Crippen LogP contribution in [-0.4, -0.2) is 15.0 Å². The van der Waals surface area contributed by atoms with Crippen LogP contribution in [0.5, 0.6) is 0 Å². The van der Waals surface area contributed by atoms with Gasteiger partial charge < -0.3 is 11.1 Å². The van der Waals surface area contributed by atoms with Crippen molar-refractivity contribution in [1.29, 1.82) is 0 Å². The first-order valence-electron chi connectivity index (χ1n) is 4.92. The van der Waals surface area contributed by atoms with Crippen molar-refractivity contribution in [3.63, 3.8) is 0 Å². The summed E-state index contributed by atoms with van der Waals surface area (Å²) in [6, 6.07) is 1.90. The molecule has 0 bridgehead atoms. The predicted molar refractivity (Wildman–Crippen MR) is 65.3 cm³/mol. The van der Waals surface area contributed by atoms with E-state index in [1.807, 2.05) is 20.0 Å². The zero-order chi connectivity index (χ0) is 11.5. The summed E-state index contributed by atoms with van der Waals surface area (Å²) in [4.78, 5) is 13.4. The van der Waals surface area contributed by atoms with Crippen LogP contribution in [0.3, 0.4) is 0 Å². The number of hydrogen-bond acceptors (Lipinski definition) is 6. The number of aryl methyl sites for hydroxylation is 1. The van der Waals surface area contributed by atoms with Gasteiger partial charge in [-0.3, -0.25) is 0 Å². The largest absolute Gasteiger partial charge is 0.368 e. The molecular formula is C10H13N5S. The quantitative estimate of drug-likeness (QED) is 0.850. The molecule has 2 aromatic rings. The van der Waals surface area contributed by atoms with Gasteiger partial charge >= 0.3 is 0 Å². The molecule has 2 heterocycles. The van der Waals surface area contributed by atoms with E-state index in [9.17, 15) is 0 Å². The van der Waals surface area contributed by atoms with Crippen molar-refractivity contribution in [2.24, 2.45) is 0 Å². The summed E-state index contributed by atoms with van der Waals surface area (Å²) in [7, 11) is 0. The van der Waals surface area contributed by atoms with Gasteiger partial charge in [-0.25, -0.2) is 9.97 Å². The van der Waals surface area contributed by atoms with Crippen molar-refractivity contribution in [3.05, 3.63) is 28.3 Å². The minimum absolute atomic E-state index is 0.119. The average Bonchev–Trinajstić information content (AvgIpc) is 2.65. The van der Waals surface area contributed by atoms with Crippen LogP contribution in [0.2, 0.25) is 0 Å². The van der Waals surface area contributed by atoms with E-state index in [4.69, 9.17) is 5.73 Å². The molecule has 2 rings (SSSR count). The zero-order valence-electron chi connectivity index (χ0n) is 9.14. The van der Waals surface area contributed by atoms with Crippen LogP contribution in [0.1, 0.15) is 22.9 Å². The molecule has 0 aliphatic rings. The van der Waals surface area contributed by atoms with Gasteiger partial charge in [0.15, 0.2) is 0 Å². The number of anilines is 2. The fraction of sp³-hybridized carbons (Fsp3) is 0.300. The molecule has 0 fully saturated rings. The van der Waals surface area contributed by atoms with E-state index in [-0.39, 0.29) is 12.0 Å². The molecule has 2 aromatic heterocycles. The zero-order valence-corrected chi connectivity index (χ0v) is 9.95. The highest BCUT2D eigenvalue weighted by molar-refractivity contribution is 7.11. The molecule has 0 saturated heterocycles. The van der Waals surface area contributed by atoms with Gasteiger partial charge in [0.1, 0.15) is 10.8 Å². The van der Waals surface area contributed by atoms with Crippen LogP contribution in [-0.2, 0) is 0 Å². The molecule has 6 heteroatoms. The molecule has 0 amide bonds. The molecule has 5 nitrogen and oxygen atoms in total. The number of nitrogens with one attached hydrogen (secondary N) is 1. The molecule has 0 spiro atoms. The lowest BCUT2D eigenvalue weighted by Gasteiger charge is -2.11. The average molecular weight is 235 g/mol. The Hall–Kier alpha value is -1.69. The summed E-state index contributed by atoms with van der Waals surface area (Å²) in [6.07, 6.45) is 3.50. The number of nitrogen functional groups attached to an aromatic ring is 1. The molecule has 84 valence electrons. The summed E-state index contributed by atoms with van der Waals surface area (Å²) in [5, 5.41) is 4.27. The van der Waals surface area contributed by atoms with E-state index in [1.54, 1.807) is 23.6 Å². The normalized spacial score (nSPS) is 12.4. The van der Waals surface area contributed by atoms with E-state index in [0.717, 1.165) is 5.01 Å². The fourth-order valence-corrected chi connectivity index (χ4v) is 2.09. The maximum atomic E-state index is 5.50. The standard InChI is InChI=1S/C10H13N5S/c1-6-5-13-9(16-6)7(2)14-8-3-4-12-10(11)15-8/h3-5,7H,1-2H3,(H3,11,12,14,15). The lowest BCUT2D eigenvalue weighted by atomic mass is 10.3. The minimum Gasteiger partial charge on any atom is -0.368 e. The Morgan fingerprint density at radius 2 is 2.25 bits per heavy atom. The van der Waals surface area contributed by atoms with E-state index in [2.05, 4.69) is 20.3 Å². The molecule has 0 saturated carbocycles. The van der Waals surface area contributed by atoms with Crippen LogP contribution in [0, 0.1) is 6.92 Å². The second-order valence-electron chi connectivity index (χ2n) is 3.48. The second-order valence-corrected chi connectivity index (χ2v) is 4.74. The van der Waals surface area contributed by atoms with E-state index in [1.165, 1.54) is 4.88 Å². The van der Waals surface area contributed by atoms with Crippen molar-refractivity contribution < 1.29 is 0 Å². The number of aromatic nitrogens is 3. The maximum absolute atomic E-state index is 5.50. The highest BCUT2D eigenvalue weighted by atomic mass is 32.1. The number of thiazole rings is 1. The molecule has 16 heavy (non-hydrogen) atoms. The Morgan fingerprint density at radius 3 is 2.88 bits per heavy atom. The van der Waals surface area contributed by atoms with Crippen molar-refractivity contribution >= 4 is 23.1 Å². The van der Waals surface area contributed by atoms with Crippen LogP contribution in [0.15, 0.2) is 18.5 Å². The third-order valence-electron chi connectivity index (χ3n) is 2.05. The van der Waals surface area contributed by atoms with Crippen molar-refractivity contribution in [2.45, 2.75) is 19.9 Å². The Morgan fingerprint density at radius 1 is 1.44 bits per heavy atom. The Balaban J connectivity index is 2.10. The Bertz CT molecular complexity index is 482. The lowest BCUT2D eigenvalue weighted by molar-refractivity contribution is 0.859. The number of hydrogen-bond donors (Lipinski definition) is 2. The van der Waals surface area contributed by atoms with Crippen molar-refractivity contribution in [3.8, 4) is 0 Å². The highest BCUT2D eigenvalue weighted by Crippen LogP contribution is 2.22. The van der Waals surface area contributed by atoms with Gasteiger partial charge in [0, 0.05) is 17.3 Å². The van der Waals surface area contributed by atoms with Gasteiger partial charge in [-0.1, -0.05) is 0 Å². The summed E-state index contributed by atoms with van der Waals surface area (Å²) < 4.78 is 0. The van der Waals surface area contributed by atoms with E-state index in [0.29, 0.717) is 5.82 Å². The van der Waals surface area contributed by atoms with Gasteiger partial charge in [0.25, 0.3) is 0 Å². The Kier molecular flexibility index (Phi) is 3.00. The molecule has 0 aliphatic heterocycles. The topological polar surface area (TPSA) is 76.7 Å². The molecule has 1 atom stereocenters. The summed E-state index contributed by atoms with van der Waals surface area (Å²) in [5.74, 6) is 0.986. The van der Waals surface area contributed by atoms with Gasteiger partial charge in [-0.2, -0.15) is 4.98 Å². The highest BCUT2D eigenvalue weighted by Gasteiger charge is 2.09. The third kappa shape index (κ3) is 2.46. The van der Waals surface area contributed by atoms with Crippen molar-refractivity contribution in [1.82, 2.24) is 15.0 Å². The molecule has 0 aliphatic carbocycles. The van der Waals surface area contributed by atoms with Crippen LogP contribution in [0.25, 0.3) is 0 Å². The lowest BCUT2D eigenvalue weighted by Crippen LogP contribution is -2.08. The summed E-state index contributed by atoms with van der Waals surface area (Å²) >= 11 is 1.67. The van der Waals surface area contributed by atoms with Crippen LogP contribution >= 0.6 is 11.3 Å². The fourth-order valence-electron chi connectivity index (χ4n) is 1.31.